The fourth-order valence-electron chi connectivity index (χ4n) is 1.06. The minimum atomic E-state index is 0. The van der Waals surface area contributed by atoms with Gasteiger partial charge in [0.25, 0.3) is 0 Å². The number of hydrogen-bond acceptors (Lipinski definition) is 0. The quantitative estimate of drug-likeness (QED) is 0.407. The third kappa shape index (κ3) is 13.0. The molecule has 0 atom stereocenters. The first-order chi connectivity index (χ1) is 3.00. The van der Waals surface area contributed by atoms with Crippen LogP contribution >= 0.6 is 0 Å². The molecule has 4 radical (unpaired) electrons. The molecule has 0 unspecified atom stereocenters. The van der Waals surface area contributed by atoms with Gasteiger partial charge in [-0.25, -0.2) is 0 Å². The van der Waals surface area contributed by atoms with Gasteiger partial charge in [0, 0.05) is 75.4 Å². The molecule has 0 saturated heterocycles. The average Bonchev–Trinajstić information content (AvgIpc) is 1.72. The second-order valence-corrected chi connectivity index (χ2v) is 2.12. The monoisotopic (exact) mass is 112 g/mol. The summed E-state index contributed by atoms with van der Waals surface area (Å²) in [4.78, 5) is 0. The van der Waals surface area contributed by atoms with Gasteiger partial charge in [0.1, 0.15) is 0 Å². The van der Waals surface area contributed by atoms with Crippen LogP contribution in [0.2, 0.25) is 0 Å². The number of hydrogen-bond donors (Lipinski definition) is 0. The topological polar surface area (TPSA) is 0 Å². The Morgan fingerprint density at radius 1 is 0.300 bits per heavy atom. The van der Waals surface area contributed by atoms with E-state index in [1.807, 2.05) is 0 Å². The van der Waals surface area contributed by atoms with Crippen molar-refractivity contribution in [3.05, 3.63) is 0 Å². The van der Waals surface area contributed by atoms with E-state index in [4.69, 9.17) is 0 Å². The van der Waals surface area contributed by atoms with E-state index in [2.05, 4.69) is 0 Å². The summed E-state index contributed by atoms with van der Waals surface area (Å²) in [5, 5.41) is 0. The molecule has 0 aromatic heterocycles. The van der Waals surface area contributed by atoms with Crippen LogP contribution in [0.1, 0.15) is 38.5 Å². The van der Waals surface area contributed by atoms with Gasteiger partial charge in [-0.3, -0.25) is 0 Å². The van der Waals surface area contributed by atoms with Crippen LogP contribution in [0.4, 0.5) is 0 Å². The van der Waals surface area contributed by atoms with Crippen LogP contribution < -0.4 is 0 Å². The Morgan fingerprint density at radius 3 is 0.500 bits per heavy atom. The Balaban J connectivity index is -0.0000000450. The standard InChI is InChI=1S/C6H12.4Li/c1-2-4-6-5-3-1;;;;/h1-6H2;;;;. The van der Waals surface area contributed by atoms with E-state index in [9.17, 15) is 0 Å². The molecule has 0 aromatic carbocycles. The van der Waals surface area contributed by atoms with Gasteiger partial charge in [-0.05, 0) is 0 Å². The van der Waals surface area contributed by atoms with Gasteiger partial charge < -0.3 is 0 Å². The zero-order valence-corrected chi connectivity index (χ0v) is 8.24. The van der Waals surface area contributed by atoms with E-state index in [0.717, 1.165) is 0 Å². The number of rotatable bonds is 0. The van der Waals surface area contributed by atoms with Crippen molar-refractivity contribution in [2.75, 3.05) is 0 Å². The summed E-state index contributed by atoms with van der Waals surface area (Å²) in [6.07, 6.45) is 9.00. The Hall–Kier alpha value is 2.39. The molecule has 1 rings (SSSR count). The van der Waals surface area contributed by atoms with Gasteiger partial charge >= 0.3 is 0 Å². The van der Waals surface area contributed by atoms with Gasteiger partial charge in [0.2, 0.25) is 0 Å². The van der Waals surface area contributed by atoms with E-state index >= 15 is 0 Å². The molecule has 0 aromatic rings. The molecule has 1 fully saturated rings. The molecule has 40 valence electrons. The summed E-state index contributed by atoms with van der Waals surface area (Å²) in [7, 11) is 0. The molecule has 1 saturated carbocycles. The van der Waals surface area contributed by atoms with E-state index in [-0.39, 0.29) is 75.4 Å². The van der Waals surface area contributed by atoms with Crippen LogP contribution in [-0.2, 0) is 0 Å². The molecule has 0 spiro atoms. The third-order valence-electron chi connectivity index (χ3n) is 1.50. The summed E-state index contributed by atoms with van der Waals surface area (Å²) in [5.41, 5.74) is 0. The molecular formula is C6H12Li4. The van der Waals surface area contributed by atoms with Crippen molar-refractivity contribution in [1.29, 1.82) is 0 Å². The van der Waals surface area contributed by atoms with Gasteiger partial charge in [-0.2, -0.15) is 0 Å². The Bertz CT molecular complexity index is 25.2. The minimum Gasteiger partial charge on any atom is -0.0533 e. The third-order valence-corrected chi connectivity index (χ3v) is 1.50. The summed E-state index contributed by atoms with van der Waals surface area (Å²) in [5.74, 6) is 0. The van der Waals surface area contributed by atoms with Gasteiger partial charge in [-0.1, -0.05) is 38.5 Å². The zero-order chi connectivity index (χ0) is 4.24. The zero-order valence-electron chi connectivity index (χ0n) is 8.24. The van der Waals surface area contributed by atoms with E-state index < -0.39 is 0 Å². The van der Waals surface area contributed by atoms with Crippen molar-refractivity contribution in [3.8, 4) is 0 Å². The van der Waals surface area contributed by atoms with Crippen molar-refractivity contribution in [3.63, 3.8) is 0 Å². The maximum absolute atomic E-state index is 1.50. The summed E-state index contributed by atoms with van der Waals surface area (Å²) in [6.45, 7) is 0. The predicted molar refractivity (Wildman–Crippen MR) is 50.7 cm³/mol. The molecule has 0 amide bonds. The van der Waals surface area contributed by atoms with Gasteiger partial charge in [-0.15, -0.1) is 0 Å². The fraction of sp³-hybridized carbons (Fsp3) is 1.00. The van der Waals surface area contributed by atoms with Gasteiger partial charge in [0.15, 0.2) is 0 Å². The maximum Gasteiger partial charge on any atom is 0 e. The molecule has 1 aliphatic rings. The largest absolute Gasteiger partial charge is 0.0533 e. The van der Waals surface area contributed by atoms with Crippen LogP contribution in [0, 0.1) is 0 Å². The van der Waals surface area contributed by atoms with Crippen molar-refractivity contribution in [1.82, 2.24) is 0 Å². The van der Waals surface area contributed by atoms with E-state index in [0.29, 0.717) is 0 Å². The molecule has 0 nitrogen and oxygen atoms in total. The first-order valence-electron chi connectivity index (χ1n) is 3.00. The molecule has 0 heterocycles. The first kappa shape index (κ1) is 22.8. The van der Waals surface area contributed by atoms with Crippen molar-refractivity contribution in [2.45, 2.75) is 38.5 Å². The predicted octanol–water partition coefficient (Wildman–Crippen LogP) is 0.817. The maximum atomic E-state index is 1.50. The first-order valence-corrected chi connectivity index (χ1v) is 3.00. The molecular weight excluding hydrogens is 99.8 g/mol. The second-order valence-electron chi connectivity index (χ2n) is 2.12. The summed E-state index contributed by atoms with van der Waals surface area (Å²) < 4.78 is 0. The SMILES string of the molecule is C1CCCCC1.[Li].[Li].[Li].[Li]. The van der Waals surface area contributed by atoms with E-state index in [1.165, 1.54) is 38.5 Å². The molecule has 10 heavy (non-hydrogen) atoms. The Kier molecular flexibility index (Phi) is 39.9. The smallest absolute Gasteiger partial charge is 0 e. The van der Waals surface area contributed by atoms with Crippen LogP contribution in [0.25, 0.3) is 0 Å². The fourth-order valence-corrected chi connectivity index (χ4v) is 1.06. The summed E-state index contributed by atoms with van der Waals surface area (Å²) in [6, 6.07) is 0. The van der Waals surface area contributed by atoms with Crippen LogP contribution in [-0.4, -0.2) is 75.4 Å². The molecule has 1 aliphatic carbocycles. The van der Waals surface area contributed by atoms with Crippen LogP contribution in [0.3, 0.4) is 0 Å². The van der Waals surface area contributed by atoms with Gasteiger partial charge in [0.05, 0.1) is 0 Å². The average molecular weight is 112 g/mol. The molecule has 0 aliphatic heterocycles. The minimum absolute atomic E-state index is 0. The normalized spacial score (nSPS) is 14.4. The molecule has 0 N–H and O–H groups in total. The molecule has 4 heteroatoms. The molecule has 0 bridgehead atoms. The van der Waals surface area contributed by atoms with Crippen molar-refractivity contribution in [2.24, 2.45) is 0 Å². The van der Waals surface area contributed by atoms with Crippen LogP contribution in [0.15, 0.2) is 0 Å². The van der Waals surface area contributed by atoms with Crippen LogP contribution in [0.5, 0.6) is 0 Å². The Labute approximate surface area is 113 Å². The Morgan fingerprint density at radius 2 is 0.400 bits per heavy atom. The second kappa shape index (κ2) is 17.5. The summed E-state index contributed by atoms with van der Waals surface area (Å²) >= 11 is 0. The van der Waals surface area contributed by atoms with E-state index in [1.54, 1.807) is 0 Å². The van der Waals surface area contributed by atoms with Crippen molar-refractivity contribution < 1.29 is 0 Å². The van der Waals surface area contributed by atoms with Crippen molar-refractivity contribution >= 4 is 75.4 Å².